The molecule has 2 saturated carbocycles. The fourth-order valence-corrected chi connectivity index (χ4v) is 6.47. The minimum atomic E-state index is -3.60. The summed E-state index contributed by atoms with van der Waals surface area (Å²) in [6, 6.07) is 13.6. The van der Waals surface area contributed by atoms with Crippen LogP contribution in [0.3, 0.4) is 0 Å². The van der Waals surface area contributed by atoms with Crippen molar-refractivity contribution in [3.05, 3.63) is 60.2 Å². The van der Waals surface area contributed by atoms with Crippen molar-refractivity contribution in [2.45, 2.75) is 43.5 Å². The van der Waals surface area contributed by atoms with Crippen molar-refractivity contribution in [1.82, 2.24) is 4.72 Å². The minimum Gasteiger partial charge on any atom is -0.496 e. The molecule has 2 bridgehead atoms. The lowest BCUT2D eigenvalue weighted by Crippen LogP contribution is -2.40. The van der Waals surface area contributed by atoms with Crippen LogP contribution >= 0.6 is 0 Å². The van der Waals surface area contributed by atoms with Crippen LogP contribution in [-0.4, -0.2) is 27.5 Å². The maximum Gasteiger partial charge on any atom is 0.248 e. The molecule has 6 nitrogen and oxygen atoms in total. The molecule has 0 saturated heterocycles. The van der Waals surface area contributed by atoms with E-state index in [1.54, 1.807) is 25.3 Å². The Bertz CT molecular complexity index is 1100. The summed E-state index contributed by atoms with van der Waals surface area (Å²) in [7, 11) is -2.02. The molecule has 7 heteroatoms. The number of nitrogens with one attached hydrogen (secondary N) is 2. The zero-order valence-electron chi connectivity index (χ0n) is 18.5. The van der Waals surface area contributed by atoms with Gasteiger partial charge in [-0.05, 0) is 80.3 Å². The Morgan fingerprint density at radius 2 is 1.84 bits per heavy atom. The molecule has 0 heterocycles. The molecule has 2 N–H and O–H groups in total. The van der Waals surface area contributed by atoms with Crippen LogP contribution < -0.4 is 14.8 Å². The number of anilines is 1. The molecule has 2 fully saturated rings. The summed E-state index contributed by atoms with van der Waals surface area (Å²) in [4.78, 5) is 12.5. The van der Waals surface area contributed by atoms with Gasteiger partial charge in [-0.3, -0.25) is 4.79 Å². The first-order valence-electron chi connectivity index (χ1n) is 11.1. The number of sulfonamides is 1. The number of benzene rings is 2. The van der Waals surface area contributed by atoms with Crippen LogP contribution in [0.15, 0.2) is 59.5 Å². The van der Waals surface area contributed by atoms with Crippen molar-refractivity contribution in [3.63, 3.8) is 0 Å². The fraction of sp³-hybridized carbons (Fsp3) is 0.400. The van der Waals surface area contributed by atoms with Gasteiger partial charge in [-0.1, -0.05) is 24.6 Å². The molecule has 0 spiro atoms. The molecule has 2 aromatic rings. The number of para-hydroxylation sites is 1. The third-order valence-corrected chi connectivity index (χ3v) is 8.34. The zero-order valence-corrected chi connectivity index (χ0v) is 19.3. The van der Waals surface area contributed by atoms with Gasteiger partial charge in [0.2, 0.25) is 15.9 Å². The zero-order chi connectivity index (χ0) is 22.7. The van der Waals surface area contributed by atoms with E-state index in [4.69, 9.17) is 4.74 Å². The normalized spacial score (nSPS) is 23.4. The van der Waals surface area contributed by atoms with E-state index >= 15 is 0 Å². The van der Waals surface area contributed by atoms with E-state index in [1.165, 1.54) is 37.5 Å². The quantitative estimate of drug-likeness (QED) is 0.577. The molecule has 4 rings (SSSR count). The summed E-state index contributed by atoms with van der Waals surface area (Å²) in [5.41, 5.74) is 1.32. The van der Waals surface area contributed by atoms with Crippen molar-refractivity contribution in [1.29, 1.82) is 0 Å². The molecule has 4 atom stereocenters. The Morgan fingerprint density at radius 1 is 1.09 bits per heavy atom. The lowest BCUT2D eigenvalue weighted by Gasteiger charge is -2.28. The van der Waals surface area contributed by atoms with E-state index in [-0.39, 0.29) is 16.8 Å². The molecule has 2 aliphatic rings. The molecule has 0 aromatic heterocycles. The number of amides is 1. The van der Waals surface area contributed by atoms with Crippen LogP contribution in [0.1, 0.15) is 38.2 Å². The van der Waals surface area contributed by atoms with Crippen molar-refractivity contribution < 1.29 is 17.9 Å². The monoisotopic (exact) mass is 454 g/mol. The number of carbonyl (C=O) groups excluding carboxylic acids is 1. The lowest BCUT2D eigenvalue weighted by molar-refractivity contribution is -0.111. The molecule has 0 radical (unpaired) electrons. The standard InChI is InChI=1S/C25H30N2O4S/c1-17(23-16-18-7-8-20(23)15-18)27-32(29,30)22-12-10-21(11-13-22)26-25(28)14-9-19-5-3-4-6-24(19)31-2/h3-6,9-14,17-18,20,23,27H,7-8,15-16H2,1-2H3,(H,26,28). The van der Waals surface area contributed by atoms with Gasteiger partial charge in [0, 0.05) is 23.4 Å². The van der Waals surface area contributed by atoms with E-state index in [2.05, 4.69) is 10.0 Å². The van der Waals surface area contributed by atoms with E-state index in [1.807, 2.05) is 31.2 Å². The SMILES string of the molecule is COc1ccccc1C=CC(=O)Nc1ccc(S(=O)(=O)NC(C)C2CC3CCC2C3)cc1. The topological polar surface area (TPSA) is 84.5 Å². The first kappa shape index (κ1) is 22.6. The summed E-state index contributed by atoms with van der Waals surface area (Å²) < 4.78 is 33.8. The highest BCUT2D eigenvalue weighted by atomic mass is 32.2. The molecular formula is C25H30N2O4S. The Labute approximate surface area is 190 Å². The maximum atomic E-state index is 12.8. The summed E-state index contributed by atoms with van der Waals surface area (Å²) >= 11 is 0. The number of hydrogen-bond acceptors (Lipinski definition) is 4. The predicted octanol–water partition coefficient (Wildman–Crippen LogP) is 4.45. The van der Waals surface area contributed by atoms with E-state index in [0.29, 0.717) is 23.3 Å². The molecule has 0 aliphatic heterocycles. The van der Waals surface area contributed by atoms with Crippen LogP contribution in [0, 0.1) is 17.8 Å². The van der Waals surface area contributed by atoms with Gasteiger partial charge >= 0.3 is 0 Å². The van der Waals surface area contributed by atoms with Gasteiger partial charge in [0.05, 0.1) is 12.0 Å². The fourth-order valence-electron chi connectivity index (χ4n) is 5.18. The van der Waals surface area contributed by atoms with E-state index in [0.717, 1.165) is 17.9 Å². The summed E-state index contributed by atoms with van der Waals surface area (Å²) in [5.74, 6) is 2.22. The largest absolute Gasteiger partial charge is 0.496 e. The molecular weight excluding hydrogens is 424 g/mol. The molecule has 4 unspecified atom stereocenters. The van der Waals surface area contributed by atoms with Crippen molar-refractivity contribution in [2.75, 3.05) is 12.4 Å². The summed E-state index contributed by atoms with van der Waals surface area (Å²) in [5, 5.41) is 2.75. The second-order valence-corrected chi connectivity index (χ2v) is 10.6. The Morgan fingerprint density at radius 3 is 2.50 bits per heavy atom. The number of carbonyl (C=O) groups is 1. The highest BCUT2D eigenvalue weighted by Gasteiger charge is 2.42. The Balaban J connectivity index is 1.36. The Hall–Kier alpha value is -2.64. The number of methoxy groups -OCH3 is 1. The van der Waals surface area contributed by atoms with Crippen molar-refractivity contribution >= 4 is 27.7 Å². The van der Waals surface area contributed by atoms with Crippen molar-refractivity contribution in [3.8, 4) is 5.75 Å². The van der Waals surface area contributed by atoms with Crippen LogP contribution in [0.4, 0.5) is 5.69 Å². The maximum absolute atomic E-state index is 12.8. The molecule has 2 aliphatic carbocycles. The van der Waals surface area contributed by atoms with Gasteiger partial charge in [0.15, 0.2) is 0 Å². The van der Waals surface area contributed by atoms with Crippen LogP contribution in [0.25, 0.3) is 6.08 Å². The van der Waals surface area contributed by atoms with Gasteiger partial charge in [-0.25, -0.2) is 13.1 Å². The van der Waals surface area contributed by atoms with Crippen LogP contribution in [0.2, 0.25) is 0 Å². The number of fused-ring (bicyclic) bond motifs is 2. The van der Waals surface area contributed by atoms with E-state index in [9.17, 15) is 13.2 Å². The predicted molar refractivity (Wildman–Crippen MR) is 126 cm³/mol. The molecule has 1 amide bonds. The van der Waals surface area contributed by atoms with Gasteiger partial charge < -0.3 is 10.1 Å². The van der Waals surface area contributed by atoms with Gasteiger partial charge in [0.25, 0.3) is 0 Å². The highest BCUT2D eigenvalue weighted by molar-refractivity contribution is 7.89. The van der Waals surface area contributed by atoms with E-state index < -0.39 is 10.0 Å². The number of hydrogen-bond donors (Lipinski definition) is 2. The molecule has 2 aromatic carbocycles. The smallest absolute Gasteiger partial charge is 0.248 e. The lowest BCUT2D eigenvalue weighted by atomic mass is 9.84. The first-order chi connectivity index (χ1) is 15.4. The van der Waals surface area contributed by atoms with Crippen molar-refractivity contribution in [2.24, 2.45) is 17.8 Å². The first-order valence-corrected chi connectivity index (χ1v) is 12.6. The molecule has 32 heavy (non-hydrogen) atoms. The van der Waals surface area contributed by atoms with Gasteiger partial charge in [0.1, 0.15) is 5.75 Å². The minimum absolute atomic E-state index is 0.0743. The third kappa shape index (κ3) is 5.05. The van der Waals surface area contributed by atoms with Crippen LogP contribution in [-0.2, 0) is 14.8 Å². The highest BCUT2D eigenvalue weighted by Crippen LogP contribution is 2.49. The second kappa shape index (κ2) is 9.46. The Kier molecular flexibility index (Phi) is 6.67. The number of ether oxygens (including phenoxy) is 1. The third-order valence-electron chi connectivity index (χ3n) is 6.76. The van der Waals surface area contributed by atoms with Crippen LogP contribution in [0.5, 0.6) is 5.75 Å². The van der Waals surface area contributed by atoms with Gasteiger partial charge in [-0.2, -0.15) is 0 Å². The van der Waals surface area contributed by atoms with Gasteiger partial charge in [-0.15, -0.1) is 0 Å². The molecule has 170 valence electrons. The summed E-state index contributed by atoms with van der Waals surface area (Å²) in [6.45, 7) is 1.98. The summed E-state index contributed by atoms with van der Waals surface area (Å²) in [6.07, 6.45) is 7.98. The number of rotatable bonds is 8. The average Bonchev–Trinajstić information content (AvgIpc) is 3.42. The second-order valence-electron chi connectivity index (χ2n) is 8.84. The average molecular weight is 455 g/mol.